The van der Waals surface area contributed by atoms with Crippen molar-refractivity contribution in [2.75, 3.05) is 0 Å². The van der Waals surface area contributed by atoms with Gasteiger partial charge >= 0.3 is 0 Å². The Bertz CT molecular complexity index is 523. The van der Waals surface area contributed by atoms with Gasteiger partial charge in [0.05, 0.1) is 18.3 Å². The zero-order valence-electron chi connectivity index (χ0n) is 20.0. The highest BCUT2D eigenvalue weighted by Crippen LogP contribution is 2.20. The number of rotatable bonds is 18. The first-order valence-electron chi connectivity index (χ1n) is 12.1. The van der Waals surface area contributed by atoms with Gasteiger partial charge in [0, 0.05) is 0 Å². The molecule has 4 heteroatoms. The van der Waals surface area contributed by atoms with Crippen LogP contribution in [0.15, 0.2) is 24.3 Å². The first-order chi connectivity index (χ1) is 14.4. The lowest BCUT2D eigenvalue weighted by Gasteiger charge is -2.28. The van der Waals surface area contributed by atoms with E-state index < -0.39 is 6.48 Å². The van der Waals surface area contributed by atoms with Gasteiger partial charge in [-0.2, -0.15) is 0 Å². The topological polar surface area (TPSA) is 27.7 Å². The molecule has 30 heavy (non-hydrogen) atoms. The van der Waals surface area contributed by atoms with Crippen molar-refractivity contribution in [1.29, 1.82) is 0 Å². The fourth-order valence-electron chi connectivity index (χ4n) is 3.53. The van der Waals surface area contributed by atoms with Gasteiger partial charge < -0.3 is 14.2 Å². The first-order valence-corrected chi connectivity index (χ1v) is 12.1. The van der Waals surface area contributed by atoms with Crippen LogP contribution in [0.25, 0.3) is 0 Å². The van der Waals surface area contributed by atoms with Crippen molar-refractivity contribution in [3.8, 4) is 0 Å². The van der Waals surface area contributed by atoms with Crippen LogP contribution >= 0.6 is 0 Å². The molecule has 0 aromatic heterocycles. The fraction of sp³-hybridized carbons (Fsp3) is 0.769. The Balaban J connectivity index is 2.52. The van der Waals surface area contributed by atoms with Crippen LogP contribution in [0.4, 0.5) is 4.39 Å². The Hall–Kier alpha value is -0.970. The summed E-state index contributed by atoms with van der Waals surface area (Å²) in [5.41, 5.74) is 1.04. The Morgan fingerprint density at radius 3 is 1.97 bits per heavy atom. The molecule has 0 saturated heterocycles. The molecular formula is C26H45FO3. The van der Waals surface area contributed by atoms with E-state index in [0.717, 1.165) is 37.7 Å². The van der Waals surface area contributed by atoms with Gasteiger partial charge in [0.25, 0.3) is 6.48 Å². The summed E-state index contributed by atoms with van der Waals surface area (Å²) < 4.78 is 31.4. The van der Waals surface area contributed by atoms with Crippen molar-refractivity contribution < 1.29 is 18.6 Å². The predicted octanol–water partition coefficient (Wildman–Crippen LogP) is 7.81. The molecular weight excluding hydrogens is 379 g/mol. The maximum absolute atomic E-state index is 13.4. The molecule has 1 rings (SSSR count). The molecule has 1 aromatic rings. The highest BCUT2D eigenvalue weighted by molar-refractivity contribution is 5.16. The average molecular weight is 425 g/mol. The van der Waals surface area contributed by atoms with Crippen LogP contribution in [0.2, 0.25) is 0 Å². The minimum Gasteiger partial charge on any atom is -0.327 e. The predicted molar refractivity (Wildman–Crippen MR) is 123 cm³/mol. The van der Waals surface area contributed by atoms with E-state index in [0.29, 0.717) is 0 Å². The van der Waals surface area contributed by atoms with E-state index in [1.54, 1.807) is 12.1 Å². The lowest BCUT2D eigenvalue weighted by molar-refractivity contribution is -0.327. The number of halogens is 1. The molecule has 0 N–H and O–H groups in total. The normalized spacial score (nSPS) is 13.0. The Labute approximate surface area is 184 Å². The molecule has 0 bridgehead atoms. The molecule has 0 saturated carbocycles. The van der Waals surface area contributed by atoms with Gasteiger partial charge in [-0.3, -0.25) is 0 Å². The lowest BCUT2D eigenvalue weighted by atomic mass is 10.0. The molecule has 0 heterocycles. The summed E-state index contributed by atoms with van der Waals surface area (Å²) in [6.07, 6.45) is 12.9. The lowest BCUT2D eigenvalue weighted by Crippen LogP contribution is -2.31. The van der Waals surface area contributed by atoms with Crippen LogP contribution in [0.3, 0.4) is 0 Å². The van der Waals surface area contributed by atoms with E-state index in [9.17, 15) is 4.39 Å². The van der Waals surface area contributed by atoms with E-state index in [4.69, 9.17) is 14.2 Å². The summed E-state index contributed by atoms with van der Waals surface area (Å²) in [7, 11) is 0. The SMILES string of the molecule is CCCCCCCCCC(CCCc1cccc(F)c1)OC(OC(C)C)OC(C)C. The van der Waals surface area contributed by atoms with Gasteiger partial charge in [-0.05, 0) is 71.1 Å². The van der Waals surface area contributed by atoms with Crippen LogP contribution in [-0.2, 0) is 20.6 Å². The molecule has 1 atom stereocenters. The van der Waals surface area contributed by atoms with Crippen molar-refractivity contribution in [2.45, 2.75) is 130 Å². The Morgan fingerprint density at radius 1 is 0.767 bits per heavy atom. The van der Waals surface area contributed by atoms with Crippen molar-refractivity contribution in [2.24, 2.45) is 0 Å². The second-order valence-electron chi connectivity index (χ2n) is 8.85. The highest BCUT2D eigenvalue weighted by atomic mass is 19.1. The third-order valence-corrected chi connectivity index (χ3v) is 5.08. The molecule has 0 aliphatic heterocycles. The number of hydrogen-bond acceptors (Lipinski definition) is 3. The maximum Gasteiger partial charge on any atom is 0.272 e. The average Bonchev–Trinajstić information content (AvgIpc) is 2.66. The zero-order valence-corrected chi connectivity index (χ0v) is 20.0. The van der Waals surface area contributed by atoms with E-state index in [1.807, 2.05) is 33.8 Å². The number of hydrogen-bond donors (Lipinski definition) is 0. The second-order valence-corrected chi connectivity index (χ2v) is 8.85. The van der Waals surface area contributed by atoms with Crippen LogP contribution < -0.4 is 0 Å². The largest absolute Gasteiger partial charge is 0.327 e. The van der Waals surface area contributed by atoms with Gasteiger partial charge in [0.2, 0.25) is 0 Å². The molecule has 1 unspecified atom stereocenters. The molecule has 0 spiro atoms. The third-order valence-electron chi connectivity index (χ3n) is 5.08. The number of ether oxygens (including phenoxy) is 3. The minimum atomic E-state index is -0.631. The van der Waals surface area contributed by atoms with Gasteiger partial charge in [0.15, 0.2) is 0 Å². The van der Waals surface area contributed by atoms with E-state index in [2.05, 4.69) is 6.92 Å². The van der Waals surface area contributed by atoms with E-state index in [-0.39, 0.29) is 24.1 Å². The third kappa shape index (κ3) is 14.1. The van der Waals surface area contributed by atoms with Crippen molar-refractivity contribution in [3.05, 3.63) is 35.6 Å². The van der Waals surface area contributed by atoms with Crippen molar-refractivity contribution in [3.63, 3.8) is 0 Å². The van der Waals surface area contributed by atoms with Crippen LogP contribution in [0.5, 0.6) is 0 Å². The molecule has 1 aromatic carbocycles. The number of unbranched alkanes of at least 4 members (excludes halogenated alkanes) is 6. The highest BCUT2D eigenvalue weighted by Gasteiger charge is 2.20. The Morgan fingerprint density at radius 2 is 1.37 bits per heavy atom. The van der Waals surface area contributed by atoms with Crippen molar-refractivity contribution >= 4 is 0 Å². The summed E-state index contributed by atoms with van der Waals surface area (Å²) in [6.45, 7) is 9.60. The van der Waals surface area contributed by atoms with Crippen molar-refractivity contribution in [1.82, 2.24) is 0 Å². The molecule has 0 amide bonds. The fourth-order valence-corrected chi connectivity index (χ4v) is 3.53. The van der Waals surface area contributed by atoms with Gasteiger partial charge in [-0.1, -0.05) is 64.0 Å². The summed E-state index contributed by atoms with van der Waals surface area (Å²) in [5.74, 6) is -0.167. The van der Waals surface area contributed by atoms with Crippen LogP contribution in [0, 0.1) is 5.82 Å². The monoisotopic (exact) mass is 424 g/mol. The molecule has 0 aliphatic rings. The summed E-state index contributed by atoms with van der Waals surface area (Å²) in [6, 6.07) is 6.88. The van der Waals surface area contributed by atoms with Gasteiger partial charge in [-0.25, -0.2) is 4.39 Å². The van der Waals surface area contributed by atoms with Gasteiger partial charge in [-0.15, -0.1) is 0 Å². The van der Waals surface area contributed by atoms with E-state index in [1.165, 1.54) is 44.6 Å². The van der Waals surface area contributed by atoms with E-state index >= 15 is 0 Å². The van der Waals surface area contributed by atoms with Crippen LogP contribution in [-0.4, -0.2) is 24.8 Å². The number of benzene rings is 1. The standard InChI is InChI=1S/C26H45FO3/c1-6-7-8-9-10-11-12-18-25(30-26(28-21(2)3)29-22(4)5)19-14-16-23-15-13-17-24(27)20-23/h13,15,17,20-22,25-26H,6-12,14,16,18-19H2,1-5H3. The van der Waals surface area contributed by atoms with Gasteiger partial charge in [0.1, 0.15) is 5.82 Å². The zero-order chi connectivity index (χ0) is 22.2. The summed E-state index contributed by atoms with van der Waals surface area (Å²) >= 11 is 0. The maximum atomic E-state index is 13.4. The second kappa shape index (κ2) is 16.7. The molecule has 0 radical (unpaired) electrons. The molecule has 3 nitrogen and oxygen atoms in total. The first kappa shape index (κ1) is 27.1. The summed E-state index contributed by atoms with van der Waals surface area (Å²) in [4.78, 5) is 0. The molecule has 174 valence electrons. The van der Waals surface area contributed by atoms with Crippen LogP contribution in [0.1, 0.15) is 104 Å². The molecule has 0 fully saturated rings. The number of aryl methyl sites for hydroxylation is 1. The quantitative estimate of drug-likeness (QED) is 0.178. The molecule has 0 aliphatic carbocycles. The Kier molecular flexibility index (Phi) is 15.1. The minimum absolute atomic E-state index is 0.0419. The summed E-state index contributed by atoms with van der Waals surface area (Å²) in [5, 5.41) is 0. The smallest absolute Gasteiger partial charge is 0.272 e.